The van der Waals surface area contributed by atoms with Gasteiger partial charge in [-0.2, -0.15) is 0 Å². The highest BCUT2D eigenvalue weighted by Crippen LogP contribution is 2.26. The largest absolute Gasteiger partial charge is 0.507 e. The monoisotopic (exact) mass is 308 g/mol. The van der Waals surface area contributed by atoms with Crippen LogP contribution in [-0.4, -0.2) is 18.2 Å². The van der Waals surface area contributed by atoms with Crippen LogP contribution in [0.3, 0.4) is 0 Å². The molecule has 3 aromatic carbocycles. The number of hydrogen-bond acceptors (Lipinski definition) is 4. The highest BCUT2D eigenvalue weighted by Gasteiger charge is 2.12. The summed E-state index contributed by atoms with van der Waals surface area (Å²) in [5.41, 5.74) is 1.17. The summed E-state index contributed by atoms with van der Waals surface area (Å²) < 4.78 is 10.3. The Hall–Kier alpha value is -3.01. The molecular weight excluding hydrogens is 292 g/mol. The van der Waals surface area contributed by atoms with E-state index in [1.807, 2.05) is 30.3 Å². The number of hydrogen-bond donors (Lipinski definition) is 1. The minimum Gasteiger partial charge on any atom is -0.507 e. The normalized spacial score (nSPS) is 10.5. The third-order valence-corrected chi connectivity index (χ3v) is 3.65. The van der Waals surface area contributed by atoms with Crippen LogP contribution in [0, 0.1) is 0 Å². The number of carbonyl (C=O) groups excluding carboxylic acids is 1. The Labute approximate surface area is 133 Å². The van der Waals surface area contributed by atoms with Crippen LogP contribution in [0.5, 0.6) is 11.5 Å². The van der Waals surface area contributed by atoms with Gasteiger partial charge in [-0.1, -0.05) is 42.5 Å². The SMILES string of the molecule is COC(=O)c1ccc(OCc2cccc3ccccc23)cc1O. The molecule has 0 aliphatic carbocycles. The van der Waals surface area contributed by atoms with Gasteiger partial charge < -0.3 is 14.6 Å². The second-order valence-electron chi connectivity index (χ2n) is 5.10. The third kappa shape index (κ3) is 3.11. The Bertz CT molecular complexity index is 850. The number of carbonyl (C=O) groups is 1. The molecule has 0 fully saturated rings. The first kappa shape index (κ1) is 14.9. The fourth-order valence-electron chi connectivity index (χ4n) is 2.46. The van der Waals surface area contributed by atoms with E-state index in [0.29, 0.717) is 12.4 Å². The average molecular weight is 308 g/mol. The Morgan fingerprint density at radius 1 is 1.04 bits per heavy atom. The van der Waals surface area contributed by atoms with Crippen molar-refractivity contribution in [1.29, 1.82) is 0 Å². The molecule has 0 aromatic heterocycles. The van der Waals surface area contributed by atoms with Gasteiger partial charge in [0.1, 0.15) is 23.7 Å². The second kappa shape index (κ2) is 6.40. The third-order valence-electron chi connectivity index (χ3n) is 3.65. The molecule has 0 aliphatic rings. The van der Waals surface area contributed by atoms with Gasteiger partial charge in [0.25, 0.3) is 0 Å². The van der Waals surface area contributed by atoms with Crippen molar-refractivity contribution < 1.29 is 19.4 Å². The summed E-state index contributed by atoms with van der Waals surface area (Å²) in [7, 11) is 1.27. The minimum atomic E-state index is -0.580. The van der Waals surface area contributed by atoms with E-state index in [-0.39, 0.29) is 11.3 Å². The minimum absolute atomic E-state index is 0.116. The fraction of sp³-hybridized carbons (Fsp3) is 0.105. The van der Waals surface area contributed by atoms with E-state index in [4.69, 9.17) is 4.74 Å². The molecule has 3 aromatic rings. The van der Waals surface area contributed by atoms with Crippen molar-refractivity contribution in [2.24, 2.45) is 0 Å². The summed E-state index contributed by atoms with van der Waals surface area (Å²) in [5.74, 6) is -0.251. The van der Waals surface area contributed by atoms with Crippen molar-refractivity contribution in [2.45, 2.75) is 6.61 Å². The number of aromatic hydroxyl groups is 1. The lowest BCUT2D eigenvalue weighted by Gasteiger charge is -2.10. The van der Waals surface area contributed by atoms with E-state index in [2.05, 4.69) is 16.9 Å². The Morgan fingerprint density at radius 2 is 1.83 bits per heavy atom. The van der Waals surface area contributed by atoms with Gasteiger partial charge in [-0.15, -0.1) is 0 Å². The summed E-state index contributed by atoms with van der Waals surface area (Å²) in [6.45, 7) is 0.373. The van der Waals surface area contributed by atoms with Crippen LogP contribution < -0.4 is 4.74 Å². The maximum Gasteiger partial charge on any atom is 0.341 e. The van der Waals surface area contributed by atoms with Gasteiger partial charge in [0.15, 0.2) is 0 Å². The number of phenolic OH excluding ortho intramolecular Hbond substituents is 1. The van der Waals surface area contributed by atoms with E-state index in [1.165, 1.54) is 19.2 Å². The fourth-order valence-corrected chi connectivity index (χ4v) is 2.46. The summed E-state index contributed by atoms with van der Waals surface area (Å²) in [6, 6.07) is 18.7. The van der Waals surface area contributed by atoms with E-state index in [1.54, 1.807) is 6.07 Å². The van der Waals surface area contributed by atoms with Gasteiger partial charge >= 0.3 is 5.97 Å². The topological polar surface area (TPSA) is 55.8 Å². The van der Waals surface area contributed by atoms with Crippen LogP contribution in [0.25, 0.3) is 10.8 Å². The summed E-state index contributed by atoms with van der Waals surface area (Å²) in [4.78, 5) is 11.4. The number of fused-ring (bicyclic) bond motifs is 1. The van der Waals surface area contributed by atoms with Gasteiger partial charge in [0.2, 0.25) is 0 Å². The molecule has 3 rings (SSSR count). The van der Waals surface area contributed by atoms with Gasteiger partial charge in [0, 0.05) is 6.07 Å². The number of rotatable bonds is 4. The van der Waals surface area contributed by atoms with E-state index >= 15 is 0 Å². The molecule has 4 heteroatoms. The van der Waals surface area contributed by atoms with Crippen LogP contribution in [-0.2, 0) is 11.3 Å². The molecule has 0 radical (unpaired) electrons. The molecule has 0 saturated heterocycles. The molecule has 0 aliphatic heterocycles. The Balaban J connectivity index is 1.80. The summed E-state index contributed by atoms with van der Waals surface area (Å²) in [5, 5.41) is 12.2. The van der Waals surface area contributed by atoms with E-state index in [9.17, 15) is 9.90 Å². The van der Waals surface area contributed by atoms with Gasteiger partial charge in [-0.25, -0.2) is 4.79 Å². The van der Waals surface area contributed by atoms with Crippen LogP contribution in [0.15, 0.2) is 60.7 Å². The summed E-state index contributed by atoms with van der Waals surface area (Å²) in [6.07, 6.45) is 0. The van der Waals surface area contributed by atoms with Gasteiger partial charge in [0.05, 0.1) is 7.11 Å². The Morgan fingerprint density at radius 3 is 2.61 bits per heavy atom. The van der Waals surface area contributed by atoms with Gasteiger partial charge in [-0.05, 0) is 28.5 Å². The molecule has 0 spiro atoms. The van der Waals surface area contributed by atoms with Gasteiger partial charge in [-0.3, -0.25) is 0 Å². The number of benzene rings is 3. The lowest BCUT2D eigenvalue weighted by atomic mass is 10.1. The molecule has 0 bridgehead atoms. The average Bonchev–Trinajstić information content (AvgIpc) is 2.59. The van der Waals surface area contributed by atoms with Crippen molar-refractivity contribution in [3.05, 3.63) is 71.8 Å². The van der Waals surface area contributed by atoms with Crippen LogP contribution >= 0.6 is 0 Å². The Kier molecular flexibility index (Phi) is 4.15. The van der Waals surface area contributed by atoms with Crippen molar-refractivity contribution in [1.82, 2.24) is 0 Å². The molecule has 116 valence electrons. The second-order valence-corrected chi connectivity index (χ2v) is 5.10. The van der Waals surface area contributed by atoms with Crippen molar-refractivity contribution in [3.8, 4) is 11.5 Å². The highest BCUT2D eigenvalue weighted by molar-refractivity contribution is 5.92. The molecule has 1 N–H and O–H groups in total. The zero-order valence-electron chi connectivity index (χ0n) is 12.7. The smallest absolute Gasteiger partial charge is 0.341 e. The maximum absolute atomic E-state index is 11.4. The predicted octanol–water partition coefficient (Wildman–Crippen LogP) is 3.91. The molecule has 0 atom stereocenters. The zero-order chi connectivity index (χ0) is 16.2. The molecule has 0 saturated carbocycles. The number of phenols is 1. The lowest BCUT2D eigenvalue weighted by molar-refractivity contribution is 0.0597. The number of esters is 1. The van der Waals surface area contributed by atoms with Crippen molar-refractivity contribution in [2.75, 3.05) is 7.11 Å². The molecule has 0 unspecified atom stereocenters. The number of methoxy groups -OCH3 is 1. The lowest BCUT2D eigenvalue weighted by Crippen LogP contribution is -2.02. The number of ether oxygens (including phenoxy) is 2. The molecular formula is C19H16O4. The first-order valence-electron chi connectivity index (χ1n) is 7.20. The first-order valence-corrected chi connectivity index (χ1v) is 7.20. The van der Waals surface area contributed by atoms with Crippen LogP contribution in [0.1, 0.15) is 15.9 Å². The quantitative estimate of drug-likeness (QED) is 0.742. The van der Waals surface area contributed by atoms with E-state index in [0.717, 1.165) is 16.3 Å². The maximum atomic E-state index is 11.4. The predicted molar refractivity (Wildman–Crippen MR) is 87.7 cm³/mol. The molecule has 0 heterocycles. The zero-order valence-corrected chi connectivity index (χ0v) is 12.7. The van der Waals surface area contributed by atoms with Crippen molar-refractivity contribution >= 4 is 16.7 Å². The highest BCUT2D eigenvalue weighted by atomic mass is 16.5. The molecule has 4 nitrogen and oxygen atoms in total. The van der Waals surface area contributed by atoms with E-state index < -0.39 is 5.97 Å². The standard InChI is InChI=1S/C19H16O4/c1-22-19(21)17-10-9-15(11-18(17)20)23-12-14-7-4-6-13-5-2-3-8-16(13)14/h2-11,20H,12H2,1H3. The summed E-state index contributed by atoms with van der Waals surface area (Å²) >= 11 is 0. The van der Waals surface area contributed by atoms with Crippen LogP contribution in [0.2, 0.25) is 0 Å². The molecule has 0 amide bonds. The first-order chi connectivity index (χ1) is 11.2. The molecule has 23 heavy (non-hydrogen) atoms. The van der Waals surface area contributed by atoms with Crippen LogP contribution in [0.4, 0.5) is 0 Å². The van der Waals surface area contributed by atoms with Crippen molar-refractivity contribution in [3.63, 3.8) is 0 Å².